The first-order valence-corrected chi connectivity index (χ1v) is 8.53. The van der Waals surface area contributed by atoms with E-state index in [2.05, 4.69) is 35.6 Å². The van der Waals surface area contributed by atoms with Crippen LogP contribution in [0, 0.1) is 0 Å². The summed E-state index contributed by atoms with van der Waals surface area (Å²) in [5.41, 5.74) is 0. The third kappa shape index (κ3) is 8.66. The molecule has 0 aromatic rings. The standard InChI is InChI=1S/C7H17BrOSi/c1-10(2,3)7-6-9-5-4-8/h4-7H2,1-3H3. The molecule has 0 aromatic carbocycles. The lowest BCUT2D eigenvalue weighted by Crippen LogP contribution is -2.21. The maximum absolute atomic E-state index is 5.35. The third-order valence-corrected chi connectivity index (χ3v) is 3.25. The Bertz CT molecular complexity index is 80.2. The van der Waals surface area contributed by atoms with Gasteiger partial charge in [-0.3, -0.25) is 0 Å². The van der Waals surface area contributed by atoms with Crippen LogP contribution in [0.1, 0.15) is 0 Å². The van der Waals surface area contributed by atoms with Gasteiger partial charge in [-0.05, 0) is 6.04 Å². The van der Waals surface area contributed by atoms with Gasteiger partial charge in [0.25, 0.3) is 0 Å². The molecular weight excluding hydrogens is 208 g/mol. The van der Waals surface area contributed by atoms with Crippen LogP contribution in [-0.2, 0) is 4.74 Å². The summed E-state index contributed by atoms with van der Waals surface area (Å²) in [5, 5.41) is 0.957. The van der Waals surface area contributed by atoms with Crippen molar-refractivity contribution in [2.45, 2.75) is 25.7 Å². The van der Waals surface area contributed by atoms with Gasteiger partial charge in [0.1, 0.15) is 0 Å². The summed E-state index contributed by atoms with van der Waals surface area (Å²) in [4.78, 5) is 0. The molecule has 0 aromatic heterocycles. The highest BCUT2D eigenvalue weighted by Gasteiger charge is 2.11. The van der Waals surface area contributed by atoms with Gasteiger partial charge in [0.05, 0.1) is 6.61 Å². The van der Waals surface area contributed by atoms with E-state index in [4.69, 9.17) is 4.74 Å². The van der Waals surface area contributed by atoms with Crippen molar-refractivity contribution in [3.63, 3.8) is 0 Å². The summed E-state index contributed by atoms with van der Waals surface area (Å²) >= 11 is 3.32. The van der Waals surface area contributed by atoms with Crippen molar-refractivity contribution in [2.24, 2.45) is 0 Å². The number of halogens is 1. The molecule has 3 heteroatoms. The average Bonchev–Trinajstić information content (AvgIpc) is 1.78. The van der Waals surface area contributed by atoms with Crippen LogP contribution < -0.4 is 0 Å². The fourth-order valence-electron chi connectivity index (χ4n) is 0.535. The summed E-state index contributed by atoms with van der Waals surface area (Å²) in [6.45, 7) is 8.89. The van der Waals surface area contributed by atoms with Crippen molar-refractivity contribution in [2.75, 3.05) is 18.5 Å². The van der Waals surface area contributed by atoms with Crippen LogP contribution in [0.3, 0.4) is 0 Å². The second kappa shape index (κ2) is 5.33. The van der Waals surface area contributed by atoms with Gasteiger partial charge in [-0.15, -0.1) is 0 Å². The molecule has 0 aliphatic carbocycles. The van der Waals surface area contributed by atoms with E-state index in [1.54, 1.807) is 0 Å². The van der Waals surface area contributed by atoms with E-state index >= 15 is 0 Å². The number of hydrogen-bond acceptors (Lipinski definition) is 1. The molecular formula is C7H17BrOSi. The Kier molecular flexibility index (Phi) is 5.68. The molecule has 0 N–H and O–H groups in total. The molecule has 0 saturated heterocycles. The minimum absolute atomic E-state index is 0.848. The van der Waals surface area contributed by atoms with Crippen LogP contribution in [0.5, 0.6) is 0 Å². The van der Waals surface area contributed by atoms with E-state index in [1.807, 2.05) is 0 Å². The number of rotatable bonds is 5. The van der Waals surface area contributed by atoms with Gasteiger partial charge in [-0.1, -0.05) is 35.6 Å². The topological polar surface area (TPSA) is 9.23 Å². The highest BCUT2D eigenvalue weighted by molar-refractivity contribution is 9.09. The summed E-state index contributed by atoms with van der Waals surface area (Å²) in [7, 11) is -0.848. The van der Waals surface area contributed by atoms with E-state index < -0.39 is 8.07 Å². The molecule has 0 radical (unpaired) electrons. The lowest BCUT2D eigenvalue weighted by molar-refractivity contribution is 0.164. The Morgan fingerprint density at radius 1 is 1.20 bits per heavy atom. The second-order valence-electron chi connectivity index (χ2n) is 3.61. The van der Waals surface area contributed by atoms with Crippen LogP contribution in [0.4, 0.5) is 0 Å². The van der Waals surface area contributed by atoms with Crippen molar-refractivity contribution in [1.82, 2.24) is 0 Å². The molecule has 0 spiro atoms. The predicted octanol–water partition coefficient (Wildman–Crippen LogP) is 2.74. The van der Waals surface area contributed by atoms with Gasteiger partial charge >= 0.3 is 0 Å². The molecule has 0 amide bonds. The number of hydrogen-bond donors (Lipinski definition) is 0. The van der Waals surface area contributed by atoms with Crippen molar-refractivity contribution >= 4 is 24.0 Å². The van der Waals surface area contributed by atoms with Crippen molar-refractivity contribution in [3.8, 4) is 0 Å². The Hall–Kier alpha value is 0.657. The Labute approximate surface area is 73.3 Å². The third-order valence-electron chi connectivity index (χ3n) is 1.22. The molecule has 0 aliphatic heterocycles. The van der Waals surface area contributed by atoms with Crippen molar-refractivity contribution < 1.29 is 4.74 Å². The fraction of sp³-hybridized carbons (Fsp3) is 1.00. The van der Waals surface area contributed by atoms with Gasteiger partial charge in [0.2, 0.25) is 0 Å². The average molecular weight is 225 g/mol. The highest BCUT2D eigenvalue weighted by Crippen LogP contribution is 2.07. The minimum atomic E-state index is -0.848. The molecule has 1 nitrogen and oxygen atoms in total. The molecule has 62 valence electrons. The van der Waals surface area contributed by atoms with E-state index in [-0.39, 0.29) is 0 Å². The number of ether oxygens (including phenoxy) is 1. The van der Waals surface area contributed by atoms with Crippen LogP contribution in [0.2, 0.25) is 25.7 Å². The molecule has 0 rings (SSSR count). The maximum atomic E-state index is 5.35. The fourth-order valence-corrected chi connectivity index (χ4v) is 1.52. The first-order valence-electron chi connectivity index (χ1n) is 3.70. The van der Waals surface area contributed by atoms with Gasteiger partial charge in [0.15, 0.2) is 0 Å². The quantitative estimate of drug-likeness (QED) is 0.397. The SMILES string of the molecule is C[Si](C)(C)CCOCCBr. The first kappa shape index (κ1) is 10.7. The lowest BCUT2D eigenvalue weighted by atomic mass is 10.8. The second-order valence-corrected chi connectivity index (χ2v) is 10.0. The van der Waals surface area contributed by atoms with E-state index in [1.165, 1.54) is 6.04 Å². The predicted molar refractivity (Wildman–Crippen MR) is 52.8 cm³/mol. The lowest BCUT2D eigenvalue weighted by Gasteiger charge is -2.14. The van der Waals surface area contributed by atoms with Crippen molar-refractivity contribution in [1.29, 1.82) is 0 Å². The molecule has 0 heterocycles. The molecule has 0 fully saturated rings. The van der Waals surface area contributed by atoms with Crippen molar-refractivity contribution in [3.05, 3.63) is 0 Å². The van der Waals surface area contributed by atoms with Crippen LogP contribution in [0.25, 0.3) is 0 Å². The zero-order valence-corrected chi connectivity index (χ0v) is 9.70. The highest BCUT2D eigenvalue weighted by atomic mass is 79.9. The van der Waals surface area contributed by atoms with Crippen LogP contribution >= 0.6 is 15.9 Å². The summed E-state index contributed by atoms with van der Waals surface area (Å²) in [6, 6.07) is 1.28. The monoisotopic (exact) mass is 224 g/mol. The Balaban J connectivity index is 3.04. The molecule has 0 bridgehead atoms. The smallest absolute Gasteiger partial charge is 0.0562 e. The van der Waals surface area contributed by atoms with Gasteiger partial charge in [-0.2, -0.15) is 0 Å². The normalized spacial score (nSPS) is 12.0. The Morgan fingerprint density at radius 2 is 1.80 bits per heavy atom. The largest absolute Gasteiger partial charge is 0.381 e. The summed E-state index contributed by atoms with van der Waals surface area (Å²) in [5.74, 6) is 0. The summed E-state index contributed by atoms with van der Waals surface area (Å²) in [6.07, 6.45) is 0. The van der Waals surface area contributed by atoms with Crippen LogP contribution in [0.15, 0.2) is 0 Å². The summed E-state index contributed by atoms with van der Waals surface area (Å²) < 4.78 is 5.35. The zero-order valence-electron chi connectivity index (χ0n) is 7.11. The van der Waals surface area contributed by atoms with E-state index in [0.717, 1.165) is 18.5 Å². The van der Waals surface area contributed by atoms with Gasteiger partial charge in [-0.25, -0.2) is 0 Å². The molecule has 0 atom stereocenters. The molecule has 10 heavy (non-hydrogen) atoms. The van der Waals surface area contributed by atoms with Gasteiger partial charge < -0.3 is 4.74 Å². The molecule has 0 saturated carbocycles. The minimum Gasteiger partial charge on any atom is -0.381 e. The van der Waals surface area contributed by atoms with Crippen LogP contribution in [-0.4, -0.2) is 26.6 Å². The first-order chi connectivity index (χ1) is 4.56. The maximum Gasteiger partial charge on any atom is 0.0562 e. The molecule has 0 unspecified atom stereocenters. The molecule has 0 aliphatic rings. The van der Waals surface area contributed by atoms with E-state index in [9.17, 15) is 0 Å². The van der Waals surface area contributed by atoms with Gasteiger partial charge in [0, 0.05) is 20.0 Å². The van der Waals surface area contributed by atoms with E-state index in [0.29, 0.717) is 0 Å². The number of alkyl halides is 1. The zero-order chi connectivity index (χ0) is 8.04. The Morgan fingerprint density at radius 3 is 2.20 bits per heavy atom.